The average Bonchev–Trinajstić information content (AvgIpc) is 3.14. The van der Waals surface area contributed by atoms with Crippen LogP contribution in [0.4, 0.5) is 5.69 Å². The van der Waals surface area contributed by atoms with E-state index in [1.807, 2.05) is 18.2 Å². The van der Waals surface area contributed by atoms with Gasteiger partial charge in [0.1, 0.15) is 0 Å². The molecule has 0 bridgehead atoms. The Balaban J connectivity index is 1.68. The van der Waals surface area contributed by atoms with E-state index in [-0.39, 0.29) is 21.0 Å². The summed E-state index contributed by atoms with van der Waals surface area (Å²) in [7, 11) is 0. The molecule has 0 spiro atoms. The van der Waals surface area contributed by atoms with Crippen molar-refractivity contribution in [1.82, 2.24) is 12.9 Å². The molecule has 0 saturated heterocycles. The fraction of sp³-hybridized carbons (Fsp3) is 0.133. The number of hydrogen-bond donors (Lipinski definition) is 1. The third-order valence-electron chi connectivity index (χ3n) is 3.34. The number of benzene rings is 2. The zero-order chi connectivity index (χ0) is 14.2. The topological polar surface area (TPSA) is 50.7 Å². The van der Waals surface area contributed by atoms with Crippen LogP contribution < -0.4 is 5.32 Å². The molecule has 4 rings (SSSR count). The summed E-state index contributed by atoms with van der Waals surface area (Å²) < 4.78 is 10.1. The molecule has 0 aliphatic carbocycles. The number of aromatic nitrogens is 3. The molecular formula is C15H12N4SSe. The quantitative estimate of drug-likeness (QED) is 0.569. The molecule has 1 N–H and O–H groups in total. The van der Waals surface area contributed by atoms with Crippen LogP contribution >= 0.6 is 11.3 Å². The Kier molecular flexibility index (Phi) is 3.22. The molecule has 4 nitrogen and oxygen atoms in total. The van der Waals surface area contributed by atoms with Gasteiger partial charge in [-0.05, 0) is 0 Å². The summed E-state index contributed by atoms with van der Waals surface area (Å²) in [6.45, 7) is 2.13. The molecule has 6 heteroatoms. The molecule has 1 atom stereocenters. The molecule has 0 amide bonds. The van der Waals surface area contributed by atoms with Crippen LogP contribution in [0, 0.1) is 0 Å². The molecule has 1 unspecified atom stereocenters. The van der Waals surface area contributed by atoms with Crippen molar-refractivity contribution in [2.45, 2.75) is 13.0 Å². The summed E-state index contributed by atoms with van der Waals surface area (Å²) in [5.41, 5.74) is 4.09. The predicted octanol–water partition coefficient (Wildman–Crippen LogP) is 3.47. The van der Waals surface area contributed by atoms with Gasteiger partial charge in [0, 0.05) is 0 Å². The van der Waals surface area contributed by atoms with Crippen molar-refractivity contribution in [2.75, 3.05) is 5.32 Å². The van der Waals surface area contributed by atoms with Crippen LogP contribution in [0.25, 0.3) is 21.3 Å². The number of nitrogens with zero attached hydrogens (tertiary/aromatic N) is 3. The van der Waals surface area contributed by atoms with Crippen LogP contribution in [0.2, 0.25) is 0 Å². The molecule has 2 heterocycles. The van der Waals surface area contributed by atoms with Gasteiger partial charge in [-0.3, -0.25) is 0 Å². The first-order valence-corrected chi connectivity index (χ1v) is 8.99. The molecule has 2 aromatic heterocycles. The van der Waals surface area contributed by atoms with E-state index in [0.717, 1.165) is 27.2 Å². The van der Waals surface area contributed by atoms with E-state index in [1.165, 1.54) is 4.70 Å². The fourth-order valence-corrected chi connectivity index (χ4v) is 4.42. The van der Waals surface area contributed by atoms with E-state index in [4.69, 9.17) is 4.98 Å². The Morgan fingerprint density at radius 1 is 1.05 bits per heavy atom. The Hall–Kier alpha value is -1.75. The van der Waals surface area contributed by atoms with Crippen molar-refractivity contribution in [3.63, 3.8) is 0 Å². The summed E-state index contributed by atoms with van der Waals surface area (Å²) in [5.74, 6) is 0. The van der Waals surface area contributed by atoms with E-state index in [0.29, 0.717) is 0 Å². The summed E-state index contributed by atoms with van der Waals surface area (Å²) in [4.78, 5) is 4.71. The van der Waals surface area contributed by atoms with E-state index < -0.39 is 0 Å². The first-order valence-electron chi connectivity index (χ1n) is 6.64. The van der Waals surface area contributed by atoms with Crippen LogP contribution in [0.1, 0.15) is 18.0 Å². The summed E-state index contributed by atoms with van der Waals surface area (Å²) in [5, 5.41) is 4.62. The Bertz CT molecular complexity index is 881. The van der Waals surface area contributed by atoms with E-state index >= 15 is 0 Å². The molecule has 0 saturated carbocycles. The van der Waals surface area contributed by atoms with Gasteiger partial charge in [-0.1, -0.05) is 0 Å². The van der Waals surface area contributed by atoms with Gasteiger partial charge in [0.2, 0.25) is 0 Å². The molecule has 0 radical (unpaired) electrons. The van der Waals surface area contributed by atoms with Gasteiger partial charge in [-0.2, -0.15) is 0 Å². The molecule has 0 fully saturated rings. The summed E-state index contributed by atoms with van der Waals surface area (Å²) in [6.07, 6.45) is 0. The van der Waals surface area contributed by atoms with Crippen LogP contribution in [0.5, 0.6) is 0 Å². The Morgan fingerprint density at radius 2 is 1.90 bits per heavy atom. The van der Waals surface area contributed by atoms with E-state index in [1.54, 1.807) is 11.3 Å². The molecule has 2 aromatic carbocycles. The second-order valence-corrected chi connectivity index (χ2v) is 6.99. The molecule has 0 aliphatic rings. The van der Waals surface area contributed by atoms with Crippen molar-refractivity contribution in [3.05, 3.63) is 47.5 Å². The van der Waals surface area contributed by atoms with Crippen molar-refractivity contribution >= 4 is 53.2 Å². The number of para-hydroxylation sites is 1. The number of rotatable bonds is 3. The van der Waals surface area contributed by atoms with Crippen LogP contribution in [-0.2, 0) is 0 Å². The van der Waals surface area contributed by atoms with Crippen molar-refractivity contribution in [2.24, 2.45) is 0 Å². The average molecular weight is 359 g/mol. The zero-order valence-electron chi connectivity index (χ0n) is 11.3. The number of anilines is 1. The zero-order valence-corrected chi connectivity index (χ0v) is 13.8. The maximum atomic E-state index is 4.71. The molecular weight excluding hydrogens is 347 g/mol. The van der Waals surface area contributed by atoms with Crippen LogP contribution in [0.3, 0.4) is 0 Å². The van der Waals surface area contributed by atoms with Gasteiger partial charge in [0.15, 0.2) is 0 Å². The normalized spacial score (nSPS) is 12.8. The molecule has 4 aromatic rings. The third kappa shape index (κ3) is 2.35. The number of thiazole rings is 1. The monoisotopic (exact) mass is 360 g/mol. The second-order valence-electron chi connectivity index (χ2n) is 4.82. The fourth-order valence-electron chi connectivity index (χ4n) is 2.29. The van der Waals surface area contributed by atoms with E-state index in [2.05, 4.69) is 44.5 Å². The maximum absolute atomic E-state index is 4.71. The van der Waals surface area contributed by atoms with Gasteiger partial charge in [0.05, 0.1) is 0 Å². The third-order valence-corrected chi connectivity index (χ3v) is 5.70. The number of hydrogen-bond acceptors (Lipinski definition) is 5. The summed E-state index contributed by atoms with van der Waals surface area (Å²) in [6, 6.07) is 14.5. The minimum absolute atomic E-state index is 0.000777. The van der Waals surface area contributed by atoms with Gasteiger partial charge < -0.3 is 0 Å². The van der Waals surface area contributed by atoms with Crippen LogP contribution in [0.15, 0.2) is 42.5 Å². The van der Waals surface area contributed by atoms with E-state index in [9.17, 15) is 0 Å². The van der Waals surface area contributed by atoms with Crippen molar-refractivity contribution < 1.29 is 0 Å². The Morgan fingerprint density at radius 3 is 2.81 bits per heavy atom. The van der Waals surface area contributed by atoms with Crippen molar-refractivity contribution in [3.8, 4) is 0 Å². The van der Waals surface area contributed by atoms with Crippen molar-refractivity contribution in [1.29, 1.82) is 0 Å². The van der Waals surface area contributed by atoms with Gasteiger partial charge in [-0.15, -0.1) is 0 Å². The SMILES string of the molecule is CC(Nc1cccc2n[se]nc12)c1nc2ccccc2s1. The van der Waals surface area contributed by atoms with Crippen LogP contribution in [-0.4, -0.2) is 27.9 Å². The van der Waals surface area contributed by atoms with Gasteiger partial charge >= 0.3 is 132 Å². The first kappa shape index (κ1) is 13.0. The molecule has 21 heavy (non-hydrogen) atoms. The van der Waals surface area contributed by atoms with Gasteiger partial charge in [0.25, 0.3) is 0 Å². The Labute approximate surface area is 132 Å². The molecule has 0 aliphatic heterocycles. The number of nitrogens with one attached hydrogen (secondary N) is 1. The van der Waals surface area contributed by atoms with Gasteiger partial charge in [-0.25, -0.2) is 0 Å². The first-order chi connectivity index (χ1) is 10.3. The summed E-state index contributed by atoms with van der Waals surface area (Å²) >= 11 is 1.73. The predicted molar refractivity (Wildman–Crippen MR) is 88.1 cm³/mol. The molecule has 104 valence electrons. The number of fused-ring (bicyclic) bond motifs is 2. The second kappa shape index (κ2) is 5.22. The standard InChI is InChI=1S/C15H12N4SSe/c1-9(15-17-10-5-2-3-8-13(10)20-15)16-11-6-4-7-12-14(11)19-21-18-12/h2-9,16H,1H3. The minimum atomic E-state index is -0.000777.